The number of nitro benzene ring substituents is 1. The lowest BCUT2D eigenvalue weighted by atomic mass is 10.1. The zero-order chi connectivity index (χ0) is 17.1. The van der Waals surface area contributed by atoms with Gasteiger partial charge in [-0.25, -0.2) is 0 Å². The summed E-state index contributed by atoms with van der Waals surface area (Å²) in [4.78, 5) is 34.2. The van der Waals surface area contributed by atoms with Crippen LogP contribution in [-0.4, -0.2) is 22.8 Å². The van der Waals surface area contributed by atoms with Crippen molar-refractivity contribution in [2.75, 3.05) is 16.0 Å². The third-order valence-electron chi connectivity index (χ3n) is 3.58. The van der Waals surface area contributed by atoms with Crippen molar-refractivity contribution in [3.63, 3.8) is 0 Å². The van der Waals surface area contributed by atoms with Crippen LogP contribution in [0.2, 0.25) is 0 Å². The molecule has 0 saturated carbocycles. The molecule has 122 valence electrons. The van der Waals surface area contributed by atoms with Crippen LogP contribution in [0.15, 0.2) is 48.5 Å². The highest BCUT2D eigenvalue weighted by atomic mass is 16.6. The fourth-order valence-corrected chi connectivity index (χ4v) is 2.40. The quantitative estimate of drug-likeness (QED) is 0.589. The number of anilines is 3. The number of nitrogens with zero attached hydrogens (tertiary/aromatic N) is 1. The Balaban J connectivity index is 1.63. The van der Waals surface area contributed by atoms with Crippen molar-refractivity contribution in [3.8, 4) is 0 Å². The Bertz CT molecular complexity index is 804. The maximum atomic E-state index is 12.1. The van der Waals surface area contributed by atoms with E-state index in [2.05, 4.69) is 16.0 Å². The van der Waals surface area contributed by atoms with Gasteiger partial charge in [0.15, 0.2) is 0 Å². The van der Waals surface area contributed by atoms with Crippen molar-refractivity contribution >= 4 is 34.6 Å². The molecule has 0 fully saturated rings. The van der Waals surface area contributed by atoms with E-state index in [0.717, 1.165) is 5.69 Å². The second-order valence-corrected chi connectivity index (χ2v) is 5.29. The highest BCUT2D eigenvalue weighted by molar-refractivity contribution is 6.06. The van der Waals surface area contributed by atoms with E-state index >= 15 is 0 Å². The van der Waals surface area contributed by atoms with Gasteiger partial charge < -0.3 is 16.0 Å². The first kappa shape index (κ1) is 15.5. The first-order valence-corrected chi connectivity index (χ1v) is 7.23. The number of hydrogen-bond acceptors (Lipinski definition) is 5. The third kappa shape index (κ3) is 3.32. The predicted molar refractivity (Wildman–Crippen MR) is 88.8 cm³/mol. The lowest BCUT2D eigenvalue weighted by Crippen LogP contribution is -2.41. The first-order valence-electron chi connectivity index (χ1n) is 7.23. The number of rotatable bonds is 4. The molecule has 1 aliphatic heterocycles. The molecule has 8 heteroatoms. The largest absolute Gasteiger partial charge is 0.372 e. The standard InChI is InChI=1S/C16H14N4O4/c21-15(17-10-5-7-11(8-6-10)20(23)24)9-14-16(22)19-13-4-2-1-3-12(13)18-14/h1-8,14,18H,9H2,(H,17,21)(H,19,22). The molecule has 8 nitrogen and oxygen atoms in total. The lowest BCUT2D eigenvalue weighted by Gasteiger charge is -2.26. The van der Waals surface area contributed by atoms with E-state index in [1.165, 1.54) is 24.3 Å². The molecule has 0 spiro atoms. The van der Waals surface area contributed by atoms with Crippen LogP contribution in [0, 0.1) is 10.1 Å². The van der Waals surface area contributed by atoms with E-state index in [1.807, 2.05) is 18.2 Å². The Kier molecular flexibility index (Phi) is 4.11. The van der Waals surface area contributed by atoms with E-state index in [-0.39, 0.29) is 23.9 Å². The Labute approximate surface area is 137 Å². The van der Waals surface area contributed by atoms with Gasteiger partial charge in [0.1, 0.15) is 6.04 Å². The number of fused-ring (bicyclic) bond motifs is 1. The van der Waals surface area contributed by atoms with Crippen LogP contribution in [0.3, 0.4) is 0 Å². The number of non-ortho nitro benzene ring substituents is 1. The summed E-state index contributed by atoms with van der Waals surface area (Å²) in [6.45, 7) is 0. The SMILES string of the molecule is O=C(CC1Nc2ccccc2NC1=O)Nc1ccc([N+](=O)[O-])cc1. The van der Waals surface area contributed by atoms with Crippen molar-refractivity contribution in [2.45, 2.75) is 12.5 Å². The molecule has 1 atom stereocenters. The normalized spacial score (nSPS) is 15.7. The summed E-state index contributed by atoms with van der Waals surface area (Å²) in [7, 11) is 0. The molecule has 0 saturated heterocycles. The van der Waals surface area contributed by atoms with Gasteiger partial charge >= 0.3 is 0 Å². The van der Waals surface area contributed by atoms with Crippen LogP contribution >= 0.6 is 0 Å². The summed E-state index contributed by atoms with van der Waals surface area (Å²) >= 11 is 0. The van der Waals surface area contributed by atoms with Crippen LogP contribution in [-0.2, 0) is 9.59 Å². The molecular weight excluding hydrogens is 312 g/mol. The monoisotopic (exact) mass is 326 g/mol. The molecule has 0 bridgehead atoms. The van der Waals surface area contributed by atoms with Gasteiger partial charge in [-0.3, -0.25) is 19.7 Å². The van der Waals surface area contributed by atoms with Gasteiger partial charge in [-0.15, -0.1) is 0 Å². The molecule has 2 aromatic rings. The average Bonchev–Trinajstić information content (AvgIpc) is 2.56. The summed E-state index contributed by atoms with van der Waals surface area (Å²) < 4.78 is 0. The average molecular weight is 326 g/mol. The van der Waals surface area contributed by atoms with Crippen molar-refractivity contribution in [1.82, 2.24) is 0 Å². The fraction of sp³-hybridized carbons (Fsp3) is 0.125. The Morgan fingerprint density at radius 2 is 1.79 bits per heavy atom. The molecule has 1 aliphatic rings. The smallest absolute Gasteiger partial charge is 0.269 e. The van der Waals surface area contributed by atoms with Crippen LogP contribution in [0.25, 0.3) is 0 Å². The number of benzene rings is 2. The minimum absolute atomic E-state index is 0.0575. The molecule has 1 heterocycles. The number of hydrogen-bond donors (Lipinski definition) is 3. The number of amides is 2. The summed E-state index contributed by atoms with van der Waals surface area (Å²) in [5, 5.41) is 19.0. The van der Waals surface area contributed by atoms with Crippen LogP contribution in [0.4, 0.5) is 22.7 Å². The maximum absolute atomic E-state index is 12.1. The minimum atomic E-state index is -0.682. The summed E-state index contributed by atoms with van der Waals surface area (Å²) in [5.74, 6) is -0.650. The van der Waals surface area contributed by atoms with Gasteiger partial charge in [0.05, 0.1) is 22.7 Å². The van der Waals surface area contributed by atoms with Gasteiger partial charge in [-0.2, -0.15) is 0 Å². The molecule has 24 heavy (non-hydrogen) atoms. The zero-order valence-electron chi connectivity index (χ0n) is 12.5. The number of carbonyl (C=O) groups excluding carboxylic acids is 2. The summed E-state index contributed by atoms with van der Waals surface area (Å²) in [5.41, 5.74) is 1.81. The second kappa shape index (κ2) is 6.37. The molecule has 1 unspecified atom stereocenters. The molecule has 0 aromatic heterocycles. The van der Waals surface area contributed by atoms with Gasteiger partial charge in [-0.05, 0) is 24.3 Å². The number of carbonyl (C=O) groups is 2. The minimum Gasteiger partial charge on any atom is -0.372 e. The molecule has 3 rings (SSSR count). The first-order chi connectivity index (χ1) is 11.5. The summed E-state index contributed by atoms with van der Waals surface area (Å²) in [6, 6.07) is 12.0. The van der Waals surface area contributed by atoms with Gasteiger partial charge in [0.25, 0.3) is 5.69 Å². The Morgan fingerprint density at radius 1 is 1.12 bits per heavy atom. The molecule has 0 aliphatic carbocycles. The molecule has 2 aromatic carbocycles. The van der Waals surface area contributed by atoms with Crippen LogP contribution in [0.1, 0.15) is 6.42 Å². The third-order valence-corrected chi connectivity index (χ3v) is 3.58. The van der Waals surface area contributed by atoms with E-state index in [1.54, 1.807) is 6.07 Å². The molecule has 3 N–H and O–H groups in total. The van der Waals surface area contributed by atoms with Gasteiger partial charge in [-0.1, -0.05) is 12.1 Å². The molecule has 0 radical (unpaired) electrons. The number of nitrogens with one attached hydrogen (secondary N) is 3. The van der Waals surface area contributed by atoms with Crippen molar-refractivity contribution in [1.29, 1.82) is 0 Å². The Hall–Kier alpha value is -3.42. The second-order valence-electron chi connectivity index (χ2n) is 5.29. The Morgan fingerprint density at radius 3 is 2.46 bits per heavy atom. The summed E-state index contributed by atoms with van der Waals surface area (Å²) in [6.07, 6.45) is -0.0584. The van der Waals surface area contributed by atoms with E-state index in [0.29, 0.717) is 11.4 Å². The lowest BCUT2D eigenvalue weighted by molar-refractivity contribution is -0.384. The maximum Gasteiger partial charge on any atom is 0.269 e. The van der Waals surface area contributed by atoms with Crippen molar-refractivity contribution < 1.29 is 14.5 Å². The van der Waals surface area contributed by atoms with Crippen molar-refractivity contribution in [3.05, 3.63) is 58.6 Å². The van der Waals surface area contributed by atoms with E-state index in [9.17, 15) is 19.7 Å². The topological polar surface area (TPSA) is 113 Å². The number of nitro groups is 1. The van der Waals surface area contributed by atoms with Gasteiger partial charge in [0.2, 0.25) is 11.8 Å². The molecular formula is C16H14N4O4. The highest BCUT2D eigenvalue weighted by Gasteiger charge is 2.27. The van der Waals surface area contributed by atoms with Gasteiger partial charge in [0, 0.05) is 17.8 Å². The highest BCUT2D eigenvalue weighted by Crippen LogP contribution is 2.26. The van der Waals surface area contributed by atoms with Crippen molar-refractivity contribution in [2.24, 2.45) is 0 Å². The fourth-order valence-electron chi connectivity index (χ4n) is 2.40. The van der Waals surface area contributed by atoms with Crippen LogP contribution < -0.4 is 16.0 Å². The van der Waals surface area contributed by atoms with E-state index in [4.69, 9.17) is 0 Å². The predicted octanol–water partition coefficient (Wildman–Crippen LogP) is 2.36. The number of para-hydroxylation sites is 2. The molecule has 2 amide bonds. The zero-order valence-corrected chi connectivity index (χ0v) is 12.5. The van der Waals surface area contributed by atoms with E-state index < -0.39 is 11.0 Å². The van der Waals surface area contributed by atoms with Crippen LogP contribution in [0.5, 0.6) is 0 Å².